The maximum atomic E-state index is 12.6. The quantitative estimate of drug-likeness (QED) is 0.888. The van der Waals surface area contributed by atoms with Gasteiger partial charge in [0.25, 0.3) is 5.91 Å². The molecular weight excluding hydrogens is 236 g/mol. The Morgan fingerprint density at radius 3 is 2.74 bits per heavy atom. The van der Waals surface area contributed by atoms with Crippen LogP contribution < -0.4 is 5.73 Å². The van der Waals surface area contributed by atoms with Gasteiger partial charge in [0.15, 0.2) is 0 Å². The Bertz CT molecular complexity index is 470. The van der Waals surface area contributed by atoms with Gasteiger partial charge >= 0.3 is 0 Å². The molecule has 0 bridgehead atoms. The molecule has 1 aromatic carbocycles. The molecule has 104 valence electrons. The van der Waals surface area contributed by atoms with Crippen molar-refractivity contribution < 1.29 is 4.79 Å². The maximum Gasteiger partial charge on any atom is 0.254 e. The van der Waals surface area contributed by atoms with Crippen LogP contribution in [0.25, 0.3) is 0 Å². The van der Waals surface area contributed by atoms with Gasteiger partial charge in [0.1, 0.15) is 0 Å². The minimum absolute atomic E-state index is 0.130. The average Bonchev–Trinajstić information content (AvgIpc) is 2.41. The van der Waals surface area contributed by atoms with Gasteiger partial charge in [-0.3, -0.25) is 4.79 Å². The lowest BCUT2D eigenvalue weighted by molar-refractivity contribution is 0.0573. The number of benzene rings is 1. The van der Waals surface area contributed by atoms with Crippen LogP contribution in [-0.2, 0) is 0 Å². The number of piperidine rings is 1. The summed E-state index contributed by atoms with van der Waals surface area (Å²) in [5.74, 6) is 0.794. The summed E-state index contributed by atoms with van der Waals surface area (Å²) in [4.78, 5) is 14.6. The molecule has 2 unspecified atom stereocenters. The number of carbonyl (C=O) groups excluding carboxylic acids is 1. The number of nitrogens with zero attached hydrogens (tertiary/aromatic N) is 1. The lowest BCUT2D eigenvalue weighted by Crippen LogP contribution is -2.49. The second kappa shape index (κ2) is 5.74. The first kappa shape index (κ1) is 14.1. The number of rotatable bonds is 2. The van der Waals surface area contributed by atoms with E-state index in [2.05, 4.69) is 13.8 Å². The zero-order valence-electron chi connectivity index (χ0n) is 12.1. The zero-order chi connectivity index (χ0) is 14.0. The van der Waals surface area contributed by atoms with Gasteiger partial charge in [-0.05, 0) is 55.9 Å². The highest BCUT2D eigenvalue weighted by atomic mass is 16.2. The van der Waals surface area contributed by atoms with Crippen LogP contribution in [0.5, 0.6) is 0 Å². The highest BCUT2D eigenvalue weighted by Gasteiger charge is 2.29. The summed E-state index contributed by atoms with van der Waals surface area (Å²) < 4.78 is 0. The summed E-state index contributed by atoms with van der Waals surface area (Å²) in [6.07, 6.45) is 2.10. The summed E-state index contributed by atoms with van der Waals surface area (Å²) in [6.45, 7) is 7.73. The molecular formula is C16H24N2O. The first-order valence-corrected chi connectivity index (χ1v) is 7.11. The van der Waals surface area contributed by atoms with Gasteiger partial charge in [-0.1, -0.05) is 13.0 Å². The van der Waals surface area contributed by atoms with Crippen molar-refractivity contribution in [2.75, 3.05) is 13.1 Å². The van der Waals surface area contributed by atoms with Crippen LogP contribution in [0.2, 0.25) is 0 Å². The van der Waals surface area contributed by atoms with Crippen LogP contribution in [0.3, 0.4) is 0 Å². The Labute approximate surface area is 115 Å². The van der Waals surface area contributed by atoms with Crippen LogP contribution in [0.4, 0.5) is 0 Å². The Balaban J connectivity index is 2.20. The fourth-order valence-electron chi connectivity index (χ4n) is 2.78. The molecule has 1 amide bonds. The monoisotopic (exact) mass is 260 g/mol. The van der Waals surface area contributed by atoms with E-state index in [1.807, 2.05) is 30.0 Å². The molecule has 0 radical (unpaired) electrons. The molecule has 2 atom stereocenters. The number of nitrogens with two attached hydrogens (primary N) is 1. The topological polar surface area (TPSA) is 46.3 Å². The highest BCUT2D eigenvalue weighted by molar-refractivity contribution is 5.94. The molecule has 3 heteroatoms. The van der Waals surface area contributed by atoms with Crippen molar-refractivity contribution in [3.8, 4) is 0 Å². The third-order valence-corrected chi connectivity index (χ3v) is 4.26. The molecule has 0 saturated carbocycles. The number of carbonyl (C=O) groups is 1. The third-order valence-electron chi connectivity index (χ3n) is 4.26. The molecule has 1 aromatic rings. The molecule has 1 aliphatic heterocycles. The van der Waals surface area contributed by atoms with E-state index in [9.17, 15) is 4.79 Å². The maximum absolute atomic E-state index is 12.6. The minimum atomic E-state index is 0.130. The molecule has 3 nitrogen and oxygen atoms in total. The molecule has 1 saturated heterocycles. The van der Waals surface area contributed by atoms with Crippen molar-refractivity contribution in [1.82, 2.24) is 4.90 Å². The van der Waals surface area contributed by atoms with Gasteiger partial charge in [-0.2, -0.15) is 0 Å². The largest absolute Gasteiger partial charge is 0.334 e. The van der Waals surface area contributed by atoms with Gasteiger partial charge in [0, 0.05) is 24.7 Å². The molecule has 0 aliphatic carbocycles. The van der Waals surface area contributed by atoms with Crippen molar-refractivity contribution in [1.29, 1.82) is 0 Å². The van der Waals surface area contributed by atoms with Gasteiger partial charge in [-0.25, -0.2) is 0 Å². The molecule has 2 N–H and O–H groups in total. The van der Waals surface area contributed by atoms with E-state index in [1.54, 1.807) is 0 Å². The Morgan fingerprint density at radius 1 is 1.37 bits per heavy atom. The third kappa shape index (κ3) is 2.98. The number of hydrogen-bond donors (Lipinski definition) is 1. The number of amides is 1. The van der Waals surface area contributed by atoms with Crippen molar-refractivity contribution in [2.24, 2.45) is 11.7 Å². The van der Waals surface area contributed by atoms with E-state index >= 15 is 0 Å². The molecule has 2 rings (SSSR count). The number of aryl methyl sites for hydroxylation is 2. The summed E-state index contributed by atoms with van der Waals surface area (Å²) >= 11 is 0. The molecule has 0 aromatic heterocycles. The fraction of sp³-hybridized carbons (Fsp3) is 0.562. The van der Waals surface area contributed by atoms with Crippen LogP contribution in [0.15, 0.2) is 18.2 Å². The smallest absolute Gasteiger partial charge is 0.254 e. The molecule has 1 fully saturated rings. The van der Waals surface area contributed by atoms with Crippen LogP contribution in [-0.4, -0.2) is 29.9 Å². The van der Waals surface area contributed by atoms with Crippen molar-refractivity contribution in [3.05, 3.63) is 34.9 Å². The fourth-order valence-corrected chi connectivity index (χ4v) is 2.78. The first-order chi connectivity index (χ1) is 9.02. The summed E-state index contributed by atoms with van der Waals surface area (Å²) in [5, 5.41) is 0. The zero-order valence-corrected chi connectivity index (χ0v) is 12.1. The van der Waals surface area contributed by atoms with Crippen LogP contribution in [0, 0.1) is 19.8 Å². The molecule has 1 aliphatic rings. The van der Waals surface area contributed by atoms with E-state index in [1.165, 1.54) is 11.1 Å². The second-order valence-electron chi connectivity index (χ2n) is 5.82. The van der Waals surface area contributed by atoms with Gasteiger partial charge in [0.05, 0.1) is 0 Å². The van der Waals surface area contributed by atoms with Gasteiger partial charge < -0.3 is 10.6 Å². The van der Waals surface area contributed by atoms with E-state index in [0.29, 0.717) is 12.5 Å². The summed E-state index contributed by atoms with van der Waals surface area (Å²) in [7, 11) is 0. The van der Waals surface area contributed by atoms with Gasteiger partial charge in [0.2, 0.25) is 0 Å². The van der Waals surface area contributed by atoms with Crippen molar-refractivity contribution >= 4 is 5.91 Å². The SMILES string of the molecule is Cc1ccc(C(=O)N2CCC(C)CC2CN)cc1C. The average molecular weight is 260 g/mol. The Morgan fingerprint density at radius 2 is 2.11 bits per heavy atom. The number of hydrogen-bond acceptors (Lipinski definition) is 2. The summed E-state index contributed by atoms with van der Waals surface area (Å²) in [6, 6.07) is 6.13. The normalized spacial score (nSPS) is 23.5. The lowest BCUT2D eigenvalue weighted by Gasteiger charge is -2.38. The van der Waals surface area contributed by atoms with E-state index in [-0.39, 0.29) is 11.9 Å². The Kier molecular flexibility index (Phi) is 4.25. The lowest BCUT2D eigenvalue weighted by atomic mass is 9.91. The van der Waals surface area contributed by atoms with Gasteiger partial charge in [-0.15, -0.1) is 0 Å². The van der Waals surface area contributed by atoms with Crippen molar-refractivity contribution in [2.45, 2.75) is 39.7 Å². The predicted octanol–water partition coefficient (Wildman–Crippen LogP) is 2.50. The Hall–Kier alpha value is -1.35. The van der Waals surface area contributed by atoms with E-state index in [4.69, 9.17) is 5.73 Å². The molecule has 0 spiro atoms. The number of likely N-dealkylation sites (tertiary alicyclic amines) is 1. The second-order valence-corrected chi connectivity index (χ2v) is 5.82. The van der Waals surface area contributed by atoms with E-state index < -0.39 is 0 Å². The highest BCUT2D eigenvalue weighted by Crippen LogP contribution is 2.24. The first-order valence-electron chi connectivity index (χ1n) is 7.11. The predicted molar refractivity (Wildman–Crippen MR) is 78.2 cm³/mol. The van der Waals surface area contributed by atoms with Crippen LogP contribution >= 0.6 is 0 Å². The molecule has 1 heterocycles. The van der Waals surface area contributed by atoms with E-state index in [0.717, 1.165) is 24.9 Å². The minimum Gasteiger partial charge on any atom is -0.334 e. The molecule has 19 heavy (non-hydrogen) atoms. The summed E-state index contributed by atoms with van der Waals surface area (Å²) in [5.41, 5.74) is 9.01. The van der Waals surface area contributed by atoms with Crippen molar-refractivity contribution in [3.63, 3.8) is 0 Å². The standard InChI is InChI=1S/C16H24N2O/c1-11-6-7-18(15(8-11)10-17)16(19)14-5-4-12(2)13(3)9-14/h4-5,9,11,15H,6-8,10,17H2,1-3H3. The van der Waals surface area contributed by atoms with Crippen LogP contribution in [0.1, 0.15) is 41.3 Å².